The molecule has 98 valence electrons. The molecule has 0 saturated carbocycles. The first-order chi connectivity index (χ1) is 9.22. The third kappa shape index (κ3) is 1.71. The van der Waals surface area contributed by atoms with Crippen LogP contribution in [0.25, 0.3) is 0 Å². The number of hydrogen-bond acceptors (Lipinski definition) is 6. The number of benzene rings is 1. The van der Waals surface area contributed by atoms with E-state index in [2.05, 4.69) is 10.6 Å². The Labute approximate surface area is 118 Å². The summed E-state index contributed by atoms with van der Waals surface area (Å²) in [5, 5.41) is 6.88. The van der Waals surface area contributed by atoms with Crippen LogP contribution in [0, 0.1) is 0 Å². The SMILES string of the molecule is C[C@H]1O[C@H]2Nc3ccccc3N[C@H]2c2sc(=O)sc21. The summed E-state index contributed by atoms with van der Waals surface area (Å²) >= 11 is 2.64. The standard InChI is InChI=1S/C13H12N2O2S2/c1-6-10-11(19-13(16)18-10)9-12(17-6)15-8-5-3-2-4-7(8)14-9/h2-6,9,12,14-15H,1H3/t6-,9+,12-/m1/s1. The molecule has 4 nitrogen and oxygen atoms in total. The predicted molar refractivity (Wildman–Crippen MR) is 78.2 cm³/mol. The first-order valence-electron chi connectivity index (χ1n) is 6.13. The lowest BCUT2D eigenvalue weighted by atomic mass is 10.0. The molecule has 0 radical (unpaired) electrons. The Morgan fingerprint density at radius 1 is 1.11 bits per heavy atom. The van der Waals surface area contributed by atoms with Gasteiger partial charge < -0.3 is 15.4 Å². The average Bonchev–Trinajstić information content (AvgIpc) is 2.80. The number of ether oxygens (including phenoxy) is 1. The largest absolute Gasteiger partial charge is 0.372 e. The minimum Gasteiger partial charge on any atom is -0.372 e. The molecular formula is C13H12N2O2S2. The number of nitrogens with one attached hydrogen (secondary N) is 2. The molecule has 0 unspecified atom stereocenters. The van der Waals surface area contributed by atoms with Crippen molar-refractivity contribution in [2.75, 3.05) is 10.6 Å². The molecule has 3 heterocycles. The van der Waals surface area contributed by atoms with Crippen molar-refractivity contribution < 1.29 is 4.74 Å². The Hall–Kier alpha value is -1.37. The summed E-state index contributed by atoms with van der Waals surface area (Å²) in [7, 11) is 0. The van der Waals surface area contributed by atoms with Gasteiger partial charge in [-0.15, -0.1) is 0 Å². The minimum atomic E-state index is -0.123. The van der Waals surface area contributed by atoms with Crippen LogP contribution in [0.2, 0.25) is 0 Å². The quantitative estimate of drug-likeness (QED) is 0.783. The van der Waals surface area contributed by atoms with Crippen LogP contribution in [0.1, 0.15) is 28.8 Å². The van der Waals surface area contributed by atoms with E-state index in [1.165, 1.54) is 22.7 Å². The summed E-state index contributed by atoms with van der Waals surface area (Å²) < 4.78 is 6.13. The Bertz CT molecular complexity index is 694. The van der Waals surface area contributed by atoms with E-state index in [1.54, 1.807) is 0 Å². The topological polar surface area (TPSA) is 50.4 Å². The first kappa shape index (κ1) is 11.5. The van der Waals surface area contributed by atoms with Crippen molar-refractivity contribution in [1.82, 2.24) is 0 Å². The van der Waals surface area contributed by atoms with Gasteiger partial charge in [-0.25, -0.2) is 0 Å². The van der Waals surface area contributed by atoms with E-state index in [1.807, 2.05) is 31.2 Å². The maximum atomic E-state index is 11.7. The summed E-state index contributed by atoms with van der Waals surface area (Å²) in [6.07, 6.45) is -0.151. The molecule has 2 N–H and O–H groups in total. The van der Waals surface area contributed by atoms with Gasteiger partial charge in [0, 0.05) is 0 Å². The van der Waals surface area contributed by atoms with Crippen molar-refractivity contribution >= 4 is 34.0 Å². The van der Waals surface area contributed by atoms with Gasteiger partial charge in [-0.1, -0.05) is 34.8 Å². The van der Waals surface area contributed by atoms with E-state index in [-0.39, 0.29) is 22.4 Å². The zero-order chi connectivity index (χ0) is 13.0. The van der Waals surface area contributed by atoms with Crippen LogP contribution < -0.4 is 14.7 Å². The molecule has 0 fully saturated rings. The summed E-state index contributed by atoms with van der Waals surface area (Å²) in [6.45, 7) is 2.00. The normalized spacial score (nSPS) is 27.5. The third-order valence-electron chi connectivity index (χ3n) is 3.47. The van der Waals surface area contributed by atoms with Crippen LogP contribution in [0.15, 0.2) is 29.1 Å². The molecule has 2 aliphatic rings. The molecule has 2 aliphatic heterocycles. The van der Waals surface area contributed by atoms with Gasteiger partial charge in [-0.3, -0.25) is 4.79 Å². The molecule has 19 heavy (non-hydrogen) atoms. The predicted octanol–water partition coefficient (Wildman–Crippen LogP) is 3.17. The number of anilines is 2. The Morgan fingerprint density at radius 3 is 2.58 bits per heavy atom. The number of rotatable bonds is 0. The van der Waals surface area contributed by atoms with Crippen molar-refractivity contribution in [3.8, 4) is 0 Å². The molecule has 1 aromatic carbocycles. The van der Waals surface area contributed by atoms with Crippen molar-refractivity contribution in [2.24, 2.45) is 0 Å². The lowest BCUT2D eigenvalue weighted by Gasteiger charge is -2.40. The number of para-hydroxylation sites is 2. The van der Waals surface area contributed by atoms with Crippen LogP contribution in [0.5, 0.6) is 0 Å². The van der Waals surface area contributed by atoms with Crippen LogP contribution in [0.3, 0.4) is 0 Å². The second kappa shape index (κ2) is 4.06. The molecule has 0 bridgehead atoms. The molecule has 4 rings (SSSR count). The Balaban J connectivity index is 1.82. The monoisotopic (exact) mass is 292 g/mol. The highest BCUT2D eigenvalue weighted by Gasteiger charge is 2.39. The van der Waals surface area contributed by atoms with Gasteiger partial charge in [0.15, 0.2) is 6.23 Å². The van der Waals surface area contributed by atoms with E-state index in [9.17, 15) is 4.79 Å². The van der Waals surface area contributed by atoms with E-state index < -0.39 is 0 Å². The van der Waals surface area contributed by atoms with Crippen molar-refractivity contribution in [3.63, 3.8) is 0 Å². The molecule has 1 aromatic heterocycles. The zero-order valence-electron chi connectivity index (χ0n) is 10.2. The summed E-state index contributed by atoms with van der Waals surface area (Å²) in [5.41, 5.74) is 2.10. The molecule has 2 aromatic rings. The average molecular weight is 292 g/mol. The van der Waals surface area contributed by atoms with Crippen LogP contribution in [-0.4, -0.2) is 6.23 Å². The van der Waals surface area contributed by atoms with Crippen LogP contribution >= 0.6 is 22.7 Å². The minimum absolute atomic E-state index is 0.0186. The summed E-state index contributed by atoms with van der Waals surface area (Å²) in [4.78, 5) is 13.8. The van der Waals surface area contributed by atoms with E-state index in [4.69, 9.17) is 4.74 Å². The lowest BCUT2D eigenvalue weighted by Crippen LogP contribution is -2.41. The van der Waals surface area contributed by atoms with Gasteiger partial charge in [0.05, 0.1) is 27.2 Å². The third-order valence-corrected chi connectivity index (χ3v) is 5.90. The van der Waals surface area contributed by atoms with Gasteiger partial charge in [-0.2, -0.15) is 0 Å². The van der Waals surface area contributed by atoms with E-state index in [0.717, 1.165) is 21.1 Å². The van der Waals surface area contributed by atoms with Crippen molar-refractivity contribution in [2.45, 2.75) is 25.3 Å². The number of fused-ring (bicyclic) bond motifs is 4. The highest BCUT2D eigenvalue weighted by atomic mass is 32.2. The molecular weight excluding hydrogens is 280 g/mol. The maximum absolute atomic E-state index is 11.7. The first-order valence-corrected chi connectivity index (χ1v) is 7.77. The Morgan fingerprint density at radius 2 is 1.79 bits per heavy atom. The van der Waals surface area contributed by atoms with E-state index >= 15 is 0 Å². The molecule has 0 aliphatic carbocycles. The summed E-state index contributed by atoms with van der Waals surface area (Å²) in [6, 6.07) is 8.07. The molecule has 0 amide bonds. The van der Waals surface area contributed by atoms with Crippen LogP contribution in [0.4, 0.5) is 11.4 Å². The lowest BCUT2D eigenvalue weighted by molar-refractivity contribution is -0.00964. The molecule has 3 atom stereocenters. The summed E-state index contributed by atoms with van der Waals surface area (Å²) in [5.74, 6) is 0. The van der Waals surface area contributed by atoms with Gasteiger partial charge in [-0.05, 0) is 19.1 Å². The zero-order valence-corrected chi connectivity index (χ0v) is 11.8. The fourth-order valence-electron chi connectivity index (χ4n) is 2.61. The van der Waals surface area contributed by atoms with Crippen LogP contribution in [-0.2, 0) is 4.74 Å². The van der Waals surface area contributed by atoms with Crippen molar-refractivity contribution in [1.29, 1.82) is 0 Å². The second-order valence-electron chi connectivity index (χ2n) is 4.69. The number of hydrogen-bond donors (Lipinski definition) is 2. The van der Waals surface area contributed by atoms with Crippen molar-refractivity contribution in [3.05, 3.63) is 42.9 Å². The van der Waals surface area contributed by atoms with E-state index in [0.29, 0.717) is 0 Å². The highest BCUT2D eigenvalue weighted by Crippen LogP contribution is 2.45. The molecule has 0 spiro atoms. The smallest absolute Gasteiger partial charge is 0.288 e. The second-order valence-corrected chi connectivity index (χ2v) is 6.98. The fraction of sp³-hybridized carbons (Fsp3) is 0.308. The fourth-order valence-corrected chi connectivity index (χ4v) is 4.95. The Kier molecular flexibility index (Phi) is 2.45. The van der Waals surface area contributed by atoms with Gasteiger partial charge in [0.1, 0.15) is 6.04 Å². The van der Waals surface area contributed by atoms with Gasteiger partial charge in [0.25, 0.3) is 4.06 Å². The molecule has 0 saturated heterocycles. The van der Waals surface area contributed by atoms with Gasteiger partial charge in [0.2, 0.25) is 0 Å². The molecule has 6 heteroatoms. The van der Waals surface area contributed by atoms with Gasteiger partial charge >= 0.3 is 0 Å². The maximum Gasteiger partial charge on any atom is 0.288 e. The highest BCUT2D eigenvalue weighted by molar-refractivity contribution is 7.27.